The van der Waals surface area contributed by atoms with E-state index in [1.54, 1.807) is 0 Å². The van der Waals surface area contributed by atoms with Crippen LogP contribution in [-0.4, -0.2) is 9.97 Å². The minimum atomic E-state index is -4.46. The Hall–Kier alpha value is -0.840. The van der Waals surface area contributed by atoms with Gasteiger partial charge in [-0.15, -0.1) is 0 Å². The van der Waals surface area contributed by atoms with Crippen molar-refractivity contribution in [3.05, 3.63) is 22.7 Å². The van der Waals surface area contributed by atoms with E-state index in [9.17, 15) is 13.2 Å². The maximum Gasteiger partial charge on any atom is 0.433 e. The minimum Gasteiger partial charge on any atom is -0.228 e. The van der Waals surface area contributed by atoms with Crippen LogP contribution in [0.1, 0.15) is 31.3 Å². The fourth-order valence-electron chi connectivity index (χ4n) is 1.06. The second kappa shape index (κ2) is 4.79. The zero-order valence-corrected chi connectivity index (χ0v) is 8.86. The van der Waals surface area contributed by atoms with Crippen molar-refractivity contribution in [2.45, 2.75) is 32.4 Å². The molecule has 15 heavy (non-hydrogen) atoms. The van der Waals surface area contributed by atoms with Crippen LogP contribution in [0.25, 0.3) is 0 Å². The Morgan fingerprint density at radius 2 is 2.00 bits per heavy atom. The van der Waals surface area contributed by atoms with Gasteiger partial charge in [0.05, 0.1) is 0 Å². The molecule has 0 aliphatic heterocycles. The summed E-state index contributed by atoms with van der Waals surface area (Å²) in [7, 11) is 0. The molecule has 0 aliphatic carbocycles. The first-order valence-corrected chi connectivity index (χ1v) is 4.92. The molecule has 0 saturated heterocycles. The predicted octanol–water partition coefficient (Wildman–Crippen LogP) is 3.49. The Labute approximate surface area is 90.5 Å². The maximum atomic E-state index is 12.3. The van der Waals surface area contributed by atoms with E-state index in [0.29, 0.717) is 6.42 Å². The number of rotatable bonds is 3. The maximum absolute atomic E-state index is 12.3. The fraction of sp³-hybridized carbons (Fsp3) is 0.556. The van der Waals surface area contributed by atoms with Crippen molar-refractivity contribution in [2.24, 2.45) is 0 Å². The zero-order valence-electron chi connectivity index (χ0n) is 8.10. The SMILES string of the molecule is CCCCc1nc(Cl)cc(C(F)(F)F)n1. The summed E-state index contributed by atoms with van der Waals surface area (Å²) in [5.74, 6) is 0.150. The molecule has 2 nitrogen and oxygen atoms in total. The molecule has 1 aromatic rings. The molecule has 0 spiro atoms. The highest BCUT2D eigenvalue weighted by atomic mass is 35.5. The molecule has 1 aromatic heterocycles. The van der Waals surface area contributed by atoms with E-state index >= 15 is 0 Å². The normalized spacial score (nSPS) is 11.8. The van der Waals surface area contributed by atoms with Crippen LogP contribution in [0.3, 0.4) is 0 Å². The average molecular weight is 239 g/mol. The van der Waals surface area contributed by atoms with Gasteiger partial charge < -0.3 is 0 Å². The van der Waals surface area contributed by atoms with Gasteiger partial charge in [-0.1, -0.05) is 24.9 Å². The number of hydrogen-bond acceptors (Lipinski definition) is 2. The van der Waals surface area contributed by atoms with E-state index in [1.165, 1.54) is 0 Å². The third-order valence-electron chi connectivity index (χ3n) is 1.79. The topological polar surface area (TPSA) is 25.8 Å². The Morgan fingerprint density at radius 3 is 2.53 bits per heavy atom. The molecule has 1 heterocycles. The fourth-order valence-corrected chi connectivity index (χ4v) is 1.26. The lowest BCUT2D eigenvalue weighted by atomic mass is 10.2. The summed E-state index contributed by atoms with van der Waals surface area (Å²) >= 11 is 5.48. The molecule has 1 rings (SSSR count). The number of halogens is 4. The second-order valence-corrected chi connectivity index (χ2v) is 3.48. The van der Waals surface area contributed by atoms with Crippen molar-refractivity contribution in [1.82, 2.24) is 9.97 Å². The Bertz CT molecular complexity index is 339. The van der Waals surface area contributed by atoms with Gasteiger partial charge in [0.15, 0.2) is 0 Å². The van der Waals surface area contributed by atoms with Gasteiger partial charge in [0, 0.05) is 12.5 Å². The van der Waals surface area contributed by atoms with Crippen LogP contribution in [0, 0.1) is 0 Å². The second-order valence-electron chi connectivity index (χ2n) is 3.09. The van der Waals surface area contributed by atoms with E-state index in [1.807, 2.05) is 6.92 Å². The van der Waals surface area contributed by atoms with Crippen molar-refractivity contribution in [1.29, 1.82) is 0 Å². The number of aromatic nitrogens is 2. The van der Waals surface area contributed by atoms with Gasteiger partial charge in [0.25, 0.3) is 0 Å². The van der Waals surface area contributed by atoms with Crippen molar-refractivity contribution in [2.75, 3.05) is 0 Å². The molecule has 6 heteroatoms. The summed E-state index contributed by atoms with van der Waals surface area (Å²) in [6, 6.07) is 0.733. The number of aryl methyl sites for hydroxylation is 1. The van der Waals surface area contributed by atoms with Gasteiger partial charge in [0.2, 0.25) is 0 Å². The van der Waals surface area contributed by atoms with Crippen LogP contribution in [-0.2, 0) is 12.6 Å². The molecular weight excluding hydrogens is 229 g/mol. The molecule has 0 N–H and O–H groups in total. The summed E-state index contributed by atoms with van der Waals surface area (Å²) in [5.41, 5.74) is -0.978. The van der Waals surface area contributed by atoms with Gasteiger partial charge in [0.1, 0.15) is 16.7 Å². The van der Waals surface area contributed by atoms with E-state index in [2.05, 4.69) is 9.97 Å². The zero-order chi connectivity index (χ0) is 11.5. The first kappa shape index (κ1) is 12.2. The molecule has 0 fully saturated rings. The summed E-state index contributed by atoms with van der Waals surface area (Å²) < 4.78 is 37.0. The van der Waals surface area contributed by atoms with Crippen LogP contribution in [0.4, 0.5) is 13.2 Å². The molecule has 0 atom stereocenters. The molecular formula is C9H10ClF3N2. The van der Waals surface area contributed by atoms with Crippen molar-refractivity contribution in [3.8, 4) is 0 Å². The average Bonchev–Trinajstić information content (AvgIpc) is 2.12. The van der Waals surface area contributed by atoms with Crippen LogP contribution >= 0.6 is 11.6 Å². The summed E-state index contributed by atoms with van der Waals surface area (Å²) in [6.45, 7) is 1.94. The highest BCUT2D eigenvalue weighted by Gasteiger charge is 2.33. The van der Waals surface area contributed by atoms with Gasteiger partial charge >= 0.3 is 6.18 Å². The van der Waals surface area contributed by atoms with Crippen molar-refractivity contribution in [3.63, 3.8) is 0 Å². The van der Waals surface area contributed by atoms with Gasteiger partial charge in [-0.3, -0.25) is 0 Å². The van der Waals surface area contributed by atoms with E-state index in [4.69, 9.17) is 11.6 Å². The van der Waals surface area contributed by atoms with Gasteiger partial charge in [-0.2, -0.15) is 13.2 Å². The Kier molecular flexibility index (Phi) is 3.90. The van der Waals surface area contributed by atoms with Crippen LogP contribution in [0.5, 0.6) is 0 Å². The van der Waals surface area contributed by atoms with E-state index in [-0.39, 0.29) is 11.0 Å². The van der Waals surface area contributed by atoms with Crippen molar-refractivity contribution >= 4 is 11.6 Å². The number of hydrogen-bond donors (Lipinski definition) is 0. The van der Waals surface area contributed by atoms with Gasteiger partial charge in [-0.05, 0) is 6.42 Å². The van der Waals surface area contributed by atoms with Crippen LogP contribution in [0.2, 0.25) is 5.15 Å². The Balaban J connectivity index is 2.95. The quantitative estimate of drug-likeness (QED) is 0.754. The molecule has 84 valence electrons. The molecule has 0 radical (unpaired) electrons. The first-order valence-electron chi connectivity index (χ1n) is 4.54. The first-order chi connectivity index (χ1) is 6.93. The number of unbranched alkanes of at least 4 members (excludes halogenated alkanes) is 1. The van der Waals surface area contributed by atoms with E-state index < -0.39 is 11.9 Å². The minimum absolute atomic E-state index is 0.150. The molecule has 0 aromatic carbocycles. The van der Waals surface area contributed by atoms with Crippen LogP contribution < -0.4 is 0 Å². The molecule has 0 unspecified atom stereocenters. The van der Waals surface area contributed by atoms with Crippen LogP contribution in [0.15, 0.2) is 6.07 Å². The largest absolute Gasteiger partial charge is 0.433 e. The van der Waals surface area contributed by atoms with E-state index in [0.717, 1.165) is 18.9 Å². The molecule has 0 aliphatic rings. The monoisotopic (exact) mass is 238 g/mol. The third-order valence-corrected chi connectivity index (χ3v) is 1.98. The smallest absolute Gasteiger partial charge is 0.228 e. The highest BCUT2D eigenvalue weighted by Crippen LogP contribution is 2.28. The lowest BCUT2D eigenvalue weighted by Gasteiger charge is -2.07. The third kappa shape index (κ3) is 3.66. The number of nitrogens with zero attached hydrogens (tertiary/aromatic N) is 2. The molecule has 0 bridgehead atoms. The summed E-state index contributed by atoms with van der Waals surface area (Å²) in [5, 5.41) is -0.163. The van der Waals surface area contributed by atoms with Gasteiger partial charge in [-0.25, -0.2) is 9.97 Å². The predicted molar refractivity (Wildman–Crippen MR) is 50.7 cm³/mol. The lowest BCUT2D eigenvalue weighted by molar-refractivity contribution is -0.141. The van der Waals surface area contributed by atoms with Crippen molar-refractivity contribution < 1.29 is 13.2 Å². The standard InChI is InChI=1S/C9H10ClF3N2/c1-2-3-4-8-14-6(9(11,12)13)5-7(10)15-8/h5H,2-4H2,1H3. The molecule has 0 amide bonds. The number of alkyl halides is 3. The Morgan fingerprint density at radius 1 is 1.33 bits per heavy atom. The highest BCUT2D eigenvalue weighted by molar-refractivity contribution is 6.29. The summed E-state index contributed by atoms with van der Waals surface area (Å²) in [6.07, 6.45) is -2.43. The lowest BCUT2D eigenvalue weighted by Crippen LogP contribution is -2.11. The summed E-state index contributed by atoms with van der Waals surface area (Å²) in [4.78, 5) is 7.16. The molecule has 0 saturated carbocycles.